The van der Waals surface area contributed by atoms with Crippen molar-refractivity contribution >= 4 is 11.9 Å². The van der Waals surface area contributed by atoms with Gasteiger partial charge < -0.3 is 16.0 Å². The summed E-state index contributed by atoms with van der Waals surface area (Å²) in [6.07, 6.45) is 1.98. The van der Waals surface area contributed by atoms with Gasteiger partial charge in [-0.15, -0.1) is 0 Å². The molecule has 0 saturated heterocycles. The van der Waals surface area contributed by atoms with Crippen LogP contribution in [0.1, 0.15) is 6.92 Å². The SMILES string of the molecule is C=CC(=O)O.C=CC(=O)OCC.N. The van der Waals surface area contributed by atoms with Gasteiger partial charge in [0.2, 0.25) is 0 Å². The van der Waals surface area contributed by atoms with E-state index in [0.717, 1.165) is 12.2 Å². The topological polar surface area (TPSA) is 98.6 Å². The molecule has 0 aromatic heterocycles. The zero-order valence-corrected chi connectivity index (χ0v) is 7.66. The second-order valence-electron chi connectivity index (χ2n) is 1.50. The van der Waals surface area contributed by atoms with Crippen molar-refractivity contribution in [3.05, 3.63) is 25.3 Å². The van der Waals surface area contributed by atoms with Gasteiger partial charge in [-0.2, -0.15) is 0 Å². The molecule has 4 N–H and O–H groups in total. The van der Waals surface area contributed by atoms with Crippen LogP contribution in [0.3, 0.4) is 0 Å². The van der Waals surface area contributed by atoms with Crippen molar-refractivity contribution in [2.45, 2.75) is 6.92 Å². The summed E-state index contributed by atoms with van der Waals surface area (Å²) in [5, 5.41) is 7.60. The molecule has 0 atom stereocenters. The first kappa shape index (κ1) is 17.5. The third-order valence-corrected chi connectivity index (χ3v) is 0.628. The number of hydrogen-bond acceptors (Lipinski definition) is 4. The number of carbonyl (C=O) groups excluding carboxylic acids is 1. The lowest BCUT2D eigenvalue weighted by molar-refractivity contribution is -0.137. The maximum atomic E-state index is 10.1. The van der Waals surface area contributed by atoms with Crippen molar-refractivity contribution in [2.24, 2.45) is 0 Å². The molecule has 0 aliphatic heterocycles. The normalized spacial score (nSPS) is 6.54. The van der Waals surface area contributed by atoms with Crippen LogP contribution in [0.15, 0.2) is 25.3 Å². The second kappa shape index (κ2) is 13.0. The van der Waals surface area contributed by atoms with E-state index in [1.165, 1.54) is 0 Å². The van der Waals surface area contributed by atoms with Crippen LogP contribution in [0.2, 0.25) is 0 Å². The van der Waals surface area contributed by atoms with Crippen LogP contribution in [0, 0.1) is 0 Å². The predicted octanol–water partition coefficient (Wildman–Crippen LogP) is 1.15. The molecule has 76 valence electrons. The van der Waals surface area contributed by atoms with E-state index in [1.807, 2.05) is 0 Å². The predicted molar refractivity (Wildman–Crippen MR) is 49.7 cm³/mol. The number of hydrogen-bond donors (Lipinski definition) is 2. The number of aliphatic carboxylic acids is 1. The first-order chi connectivity index (χ1) is 5.58. The average Bonchev–Trinajstić information content (AvgIpc) is 2.06. The van der Waals surface area contributed by atoms with Gasteiger partial charge in [-0.05, 0) is 6.92 Å². The summed E-state index contributed by atoms with van der Waals surface area (Å²) in [7, 11) is 0. The molecule has 0 saturated carbocycles. The highest BCUT2D eigenvalue weighted by Crippen LogP contribution is 1.74. The van der Waals surface area contributed by atoms with E-state index < -0.39 is 5.97 Å². The van der Waals surface area contributed by atoms with Crippen molar-refractivity contribution in [1.29, 1.82) is 0 Å². The van der Waals surface area contributed by atoms with E-state index in [-0.39, 0.29) is 12.1 Å². The quantitative estimate of drug-likeness (QED) is 0.512. The third kappa shape index (κ3) is 25.2. The highest BCUT2D eigenvalue weighted by Gasteiger charge is 1.86. The molecule has 0 aromatic rings. The molecule has 0 rings (SSSR count). The molecule has 0 aliphatic rings. The van der Waals surface area contributed by atoms with E-state index in [2.05, 4.69) is 17.9 Å². The molecular weight excluding hydrogens is 174 g/mol. The molecule has 0 amide bonds. The Kier molecular flexibility index (Phi) is 17.5. The minimum absolute atomic E-state index is 0. The van der Waals surface area contributed by atoms with E-state index in [9.17, 15) is 9.59 Å². The van der Waals surface area contributed by atoms with Gasteiger partial charge in [-0.1, -0.05) is 13.2 Å². The lowest BCUT2D eigenvalue weighted by atomic mass is 10.6. The Morgan fingerprint density at radius 1 is 1.38 bits per heavy atom. The molecule has 0 spiro atoms. The van der Waals surface area contributed by atoms with Crippen LogP contribution >= 0.6 is 0 Å². The van der Waals surface area contributed by atoms with Crippen molar-refractivity contribution in [2.75, 3.05) is 6.61 Å². The molecule has 0 aliphatic carbocycles. The first-order valence-electron chi connectivity index (χ1n) is 3.23. The van der Waals surface area contributed by atoms with Gasteiger partial charge in [0.1, 0.15) is 0 Å². The Labute approximate surface area is 77.3 Å². The molecular formula is C8H15NO4. The number of rotatable bonds is 3. The van der Waals surface area contributed by atoms with Crippen molar-refractivity contribution in [3.8, 4) is 0 Å². The van der Waals surface area contributed by atoms with Crippen LogP contribution < -0.4 is 6.15 Å². The lowest BCUT2D eigenvalue weighted by Crippen LogP contribution is -1.97. The Bertz CT molecular complexity index is 177. The lowest BCUT2D eigenvalue weighted by Gasteiger charge is -1.90. The molecule has 0 heterocycles. The highest BCUT2D eigenvalue weighted by molar-refractivity contribution is 5.81. The molecule has 5 nitrogen and oxygen atoms in total. The Hall–Kier alpha value is -1.62. The second-order valence-corrected chi connectivity index (χ2v) is 1.50. The molecule has 0 radical (unpaired) electrons. The van der Waals surface area contributed by atoms with Gasteiger partial charge in [-0.25, -0.2) is 9.59 Å². The fourth-order valence-electron chi connectivity index (χ4n) is 0.201. The fraction of sp³-hybridized carbons (Fsp3) is 0.250. The number of ether oxygens (including phenoxy) is 1. The largest absolute Gasteiger partial charge is 0.478 e. The zero-order valence-electron chi connectivity index (χ0n) is 7.66. The molecule has 0 bridgehead atoms. The monoisotopic (exact) mass is 189 g/mol. The van der Waals surface area contributed by atoms with E-state index in [1.54, 1.807) is 6.92 Å². The first-order valence-corrected chi connectivity index (χ1v) is 3.23. The summed E-state index contributed by atoms with van der Waals surface area (Å²) < 4.78 is 4.43. The van der Waals surface area contributed by atoms with Crippen LogP contribution in [-0.2, 0) is 14.3 Å². The van der Waals surface area contributed by atoms with E-state index >= 15 is 0 Å². The maximum absolute atomic E-state index is 10.1. The van der Waals surface area contributed by atoms with Crippen LogP contribution in [-0.4, -0.2) is 23.7 Å². The summed E-state index contributed by atoms with van der Waals surface area (Å²) >= 11 is 0. The Morgan fingerprint density at radius 3 is 1.85 bits per heavy atom. The summed E-state index contributed by atoms with van der Waals surface area (Å²) in [5.74, 6) is -1.34. The third-order valence-electron chi connectivity index (χ3n) is 0.628. The molecule has 13 heavy (non-hydrogen) atoms. The van der Waals surface area contributed by atoms with E-state index in [4.69, 9.17) is 5.11 Å². The summed E-state index contributed by atoms with van der Waals surface area (Å²) in [6.45, 7) is 8.34. The number of carboxylic acids is 1. The summed E-state index contributed by atoms with van der Waals surface area (Å²) in [5.41, 5.74) is 0. The number of carboxylic acid groups (broad SMARTS) is 1. The van der Waals surface area contributed by atoms with E-state index in [0.29, 0.717) is 6.61 Å². The van der Waals surface area contributed by atoms with Crippen LogP contribution in [0.25, 0.3) is 0 Å². The van der Waals surface area contributed by atoms with Crippen LogP contribution in [0.4, 0.5) is 0 Å². The number of esters is 1. The molecule has 0 unspecified atom stereocenters. The fourth-order valence-corrected chi connectivity index (χ4v) is 0.201. The maximum Gasteiger partial charge on any atom is 0.330 e. The Balaban J connectivity index is -0.000000150. The van der Waals surface area contributed by atoms with Crippen molar-refractivity contribution in [3.63, 3.8) is 0 Å². The van der Waals surface area contributed by atoms with Gasteiger partial charge in [0.05, 0.1) is 6.61 Å². The summed E-state index contributed by atoms with van der Waals surface area (Å²) in [4.78, 5) is 19.3. The van der Waals surface area contributed by atoms with Gasteiger partial charge in [-0.3, -0.25) is 0 Å². The average molecular weight is 189 g/mol. The van der Waals surface area contributed by atoms with Gasteiger partial charge >= 0.3 is 11.9 Å². The van der Waals surface area contributed by atoms with Gasteiger partial charge in [0, 0.05) is 12.2 Å². The standard InChI is InChI=1S/C5H8O2.C3H4O2.H3N/c1-3-5(6)7-4-2;1-2-3(4)5;/h3H,1,4H2,2H3;2H,1H2,(H,4,5);1H3. The summed E-state index contributed by atoms with van der Waals surface area (Å²) in [6, 6.07) is 0. The number of carbonyl (C=O) groups is 2. The minimum atomic E-state index is -0.981. The highest BCUT2D eigenvalue weighted by atomic mass is 16.5. The van der Waals surface area contributed by atoms with Gasteiger partial charge in [0.15, 0.2) is 0 Å². The molecule has 0 fully saturated rings. The molecule has 5 heteroatoms. The zero-order chi connectivity index (χ0) is 9.98. The Morgan fingerprint density at radius 2 is 1.77 bits per heavy atom. The van der Waals surface area contributed by atoms with Gasteiger partial charge in [0.25, 0.3) is 0 Å². The minimum Gasteiger partial charge on any atom is -0.478 e. The molecule has 0 aromatic carbocycles. The van der Waals surface area contributed by atoms with Crippen LogP contribution in [0.5, 0.6) is 0 Å². The van der Waals surface area contributed by atoms with Crippen molar-refractivity contribution in [1.82, 2.24) is 6.15 Å². The van der Waals surface area contributed by atoms with Crippen molar-refractivity contribution < 1.29 is 19.4 Å². The smallest absolute Gasteiger partial charge is 0.330 e.